The molecular formula is C22H24FN3O. The van der Waals surface area contributed by atoms with Crippen molar-refractivity contribution in [2.75, 3.05) is 6.54 Å². The molecule has 140 valence electrons. The van der Waals surface area contributed by atoms with Gasteiger partial charge in [-0.25, -0.2) is 9.37 Å². The van der Waals surface area contributed by atoms with Crippen LogP contribution in [0, 0.1) is 5.82 Å². The third-order valence-corrected chi connectivity index (χ3v) is 5.24. The lowest BCUT2D eigenvalue weighted by Gasteiger charge is -2.32. The molecule has 1 aliphatic heterocycles. The first-order chi connectivity index (χ1) is 12.8. The quantitative estimate of drug-likeness (QED) is 0.693. The van der Waals surface area contributed by atoms with Crippen LogP contribution in [0.5, 0.6) is 0 Å². The number of benzene rings is 2. The zero-order valence-electron chi connectivity index (χ0n) is 15.9. The molecule has 4 nitrogen and oxygen atoms in total. The number of imidazole rings is 1. The van der Waals surface area contributed by atoms with Crippen LogP contribution >= 0.6 is 0 Å². The van der Waals surface area contributed by atoms with Crippen molar-refractivity contribution in [3.63, 3.8) is 0 Å². The number of rotatable bonds is 3. The van der Waals surface area contributed by atoms with Gasteiger partial charge in [0.2, 0.25) is 5.91 Å². The minimum atomic E-state index is -0.239. The molecule has 1 saturated heterocycles. The Bertz CT molecular complexity index is 985. The lowest BCUT2D eigenvalue weighted by Crippen LogP contribution is -2.42. The van der Waals surface area contributed by atoms with Gasteiger partial charge in [-0.1, -0.05) is 24.3 Å². The summed E-state index contributed by atoms with van der Waals surface area (Å²) in [6, 6.07) is 14.6. The van der Waals surface area contributed by atoms with Gasteiger partial charge in [-0.3, -0.25) is 4.79 Å². The minimum absolute atomic E-state index is 0.0598. The number of aromatic nitrogens is 2. The highest BCUT2D eigenvalue weighted by Gasteiger charge is 2.38. The van der Waals surface area contributed by atoms with Gasteiger partial charge in [-0.05, 0) is 50.6 Å². The van der Waals surface area contributed by atoms with Gasteiger partial charge >= 0.3 is 0 Å². The largest absolute Gasteiger partial charge is 0.337 e. The molecule has 5 heteroatoms. The van der Waals surface area contributed by atoms with E-state index in [1.54, 1.807) is 12.1 Å². The SMILES string of the molecule is CC(C)(C)N1C[C@H](c2nc3ccccc3n2Cc2ccc(F)cc2)CC1=O. The Morgan fingerprint density at radius 3 is 2.48 bits per heavy atom. The highest BCUT2D eigenvalue weighted by molar-refractivity contribution is 5.81. The van der Waals surface area contributed by atoms with E-state index in [1.165, 1.54) is 12.1 Å². The topological polar surface area (TPSA) is 38.1 Å². The van der Waals surface area contributed by atoms with Crippen molar-refractivity contribution >= 4 is 16.9 Å². The van der Waals surface area contributed by atoms with Crippen LogP contribution < -0.4 is 0 Å². The molecule has 1 aliphatic rings. The van der Waals surface area contributed by atoms with Gasteiger partial charge < -0.3 is 9.47 Å². The standard InChI is InChI=1S/C22H24FN3O/c1-22(2,3)26-14-16(12-20(26)27)21-24-18-6-4-5-7-19(18)25(21)13-15-8-10-17(23)11-9-15/h4-11,16H,12-14H2,1-3H3/t16-/m1/s1. The number of carbonyl (C=O) groups is 1. The van der Waals surface area contributed by atoms with Crippen molar-refractivity contribution in [1.82, 2.24) is 14.5 Å². The van der Waals surface area contributed by atoms with Crippen LogP contribution in [-0.4, -0.2) is 32.4 Å². The maximum absolute atomic E-state index is 13.3. The van der Waals surface area contributed by atoms with Crippen molar-refractivity contribution in [3.05, 3.63) is 65.7 Å². The molecule has 1 aromatic heterocycles. The summed E-state index contributed by atoms with van der Waals surface area (Å²) >= 11 is 0. The molecule has 0 unspecified atom stereocenters. The highest BCUT2D eigenvalue weighted by Crippen LogP contribution is 2.34. The van der Waals surface area contributed by atoms with E-state index in [2.05, 4.69) is 25.3 Å². The second-order valence-corrected chi connectivity index (χ2v) is 8.25. The van der Waals surface area contributed by atoms with Crippen molar-refractivity contribution in [3.8, 4) is 0 Å². The van der Waals surface area contributed by atoms with Crippen LogP contribution in [0.25, 0.3) is 11.0 Å². The van der Waals surface area contributed by atoms with E-state index in [1.807, 2.05) is 29.2 Å². The lowest BCUT2D eigenvalue weighted by molar-refractivity contribution is -0.131. The first-order valence-electron chi connectivity index (χ1n) is 9.33. The molecule has 0 spiro atoms. The number of nitrogens with zero attached hydrogens (tertiary/aromatic N) is 3. The number of halogens is 1. The zero-order chi connectivity index (χ0) is 19.2. The average Bonchev–Trinajstić information content (AvgIpc) is 3.18. The van der Waals surface area contributed by atoms with Crippen LogP contribution in [-0.2, 0) is 11.3 Å². The van der Waals surface area contributed by atoms with Crippen molar-refractivity contribution in [2.45, 2.75) is 45.2 Å². The predicted octanol–water partition coefficient (Wildman–Crippen LogP) is 4.34. The van der Waals surface area contributed by atoms with Gasteiger partial charge in [0.15, 0.2) is 0 Å². The Labute approximate surface area is 158 Å². The Morgan fingerprint density at radius 2 is 1.81 bits per heavy atom. The maximum atomic E-state index is 13.3. The van der Waals surface area contributed by atoms with E-state index >= 15 is 0 Å². The summed E-state index contributed by atoms with van der Waals surface area (Å²) in [5.41, 5.74) is 2.78. The molecule has 27 heavy (non-hydrogen) atoms. The lowest BCUT2D eigenvalue weighted by atomic mass is 10.1. The Balaban J connectivity index is 1.74. The van der Waals surface area contributed by atoms with E-state index in [4.69, 9.17) is 4.98 Å². The number of carbonyl (C=O) groups excluding carboxylic acids is 1. The number of fused-ring (bicyclic) bond motifs is 1. The molecule has 1 atom stereocenters. The fourth-order valence-corrected chi connectivity index (χ4v) is 3.87. The van der Waals surface area contributed by atoms with E-state index in [0.717, 1.165) is 22.4 Å². The molecule has 2 aromatic carbocycles. The normalized spacial score (nSPS) is 17.9. The number of hydrogen-bond acceptors (Lipinski definition) is 2. The van der Waals surface area contributed by atoms with Gasteiger partial charge in [0.1, 0.15) is 11.6 Å². The number of para-hydroxylation sites is 2. The Kier molecular flexibility index (Phi) is 4.25. The molecule has 1 fully saturated rings. The Hall–Kier alpha value is -2.69. The van der Waals surface area contributed by atoms with Gasteiger partial charge in [0.25, 0.3) is 0 Å². The molecule has 1 amide bonds. The van der Waals surface area contributed by atoms with E-state index in [-0.39, 0.29) is 23.2 Å². The van der Waals surface area contributed by atoms with E-state index < -0.39 is 0 Å². The number of hydrogen-bond donors (Lipinski definition) is 0. The summed E-state index contributed by atoms with van der Waals surface area (Å²) in [6.45, 7) is 7.48. The summed E-state index contributed by atoms with van der Waals surface area (Å²) in [5.74, 6) is 0.926. The van der Waals surface area contributed by atoms with Crippen molar-refractivity contribution < 1.29 is 9.18 Å². The molecule has 4 rings (SSSR count). The first-order valence-corrected chi connectivity index (χ1v) is 9.33. The molecule has 0 N–H and O–H groups in total. The fourth-order valence-electron chi connectivity index (χ4n) is 3.87. The van der Waals surface area contributed by atoms with E-state index in [9.17, 15) is 9.18 Å². The maximum Gasteiger partial charge on any atom is 0.223 e. The Morgan fingerprint density at radius 1 is 1.11 bits per heavy atom. The molecule has 3 aromatic rings. The monoisotopic (exact) mass is 365 g/mol. The summed E-state index contributed by atoms with van der Waals surface area (Å²) in [5, 5.41) is 0. The summed E-state index contributed by atoms with van der Waals surface area (Å²) in [4.78, 5) is 19.4. The van der Waals surface area contributed by atoms with E-state index in [0.29, 0.717) is 19.5 Å². The van der Waals surface area contributed by atoms with Crippen LogP contribution in [0.1, 0.15) is 44.5 Å². The van der Waals surface area contributed by atoms with Gasteiger partial charge in [0.05, 0.1) is 11.0 Å². The van der Waals surface area contributed by atoms with Gasteiger partial charge in [-0.2, -0.15) is 0 Å². The van der Waals surface area contributed by atoms with Gasteiger partial charge in [-0.15, -0.1) is 0 Å². The van der Waals surface area contributed by atoms with Gasteiger partial charge in [0, 0.05) is 31.0 Å². The van der Waals surface area contributed by atoms with Crippen LogP contribution in [0.3, 0.4) is 0 Å². The third-order valence-electron chi connectivity index (χ3n) is 5.24. The molecule has 2 heterocycles. The summed E-state index contributed by atoms with van der Waals surface area (Å²) < 4.78 is 15.5. The first kappa shape index (κ1) is 17.7. The summed E-state index contributed by atoms with van der Waals surface area (Å²) in [7, 11) is 0. The second-order valence-electron chi connectivity index (χ2n) is 8.25. The second kappa shape index (κ2) is 6.48. The molecule has 0 bridgehead atoms. The highest BCUT2D eigenvalue weighted by atomic mass is 19.1. The molecule has 0 saturated carbocycles. The molecular weight excluding hydrogens is 341 g/mol. The summed E-state index contributed by atoms with van der Waals surface area (Å²) in [6.07, 6.45) is 0.476. The zero-order valence-corrected chi connectivity index (χ0v) is 15.9. The minimum Gasteiger partial charge on any atom is -0.337 e. The molecule has 0 radical (unpaired) electrons. The molecule has 0 aliphatic carbocycles. The third kappa shape index (κ3) is 3.34. The average molecular weight is 365 g/mol. The van der Waals surface area contributed by atoms with Crippen LogP contribution in [0.2, 0.25) is 0 Å². The fraction of sp³-hybridized carbons (Fsp3) is 0.364. The van der Waals surface area contributed by atoms with Crippen molar-refractivity contribution in [2.24, 2.45) is 0 Å². The van der Waals surface area contributed by atoms with Crippen LogP contribution in [0.15, 0.2) is 48.5 Å². The smallest absolute Gasteiger partial charge is 0.223 e. The van der Waals surface area contributed by atoms with Crippen LogP contribution in [0.4, 0.5) is 4.39 Å². The van der Waals surface area contributed by atoms with Crippen molar-refractivity contribution in [1.29, 1.82) is 0 Å². The predicted molar refractivity (Wildman–Crippen MR) is 104 cm³/mol. The number of amides is 1. The number of likely N-dealkylation sites (tertiary alicyclic amines) is 1.